The number of likely N-dealkylation sites (tertiary alicyclic amines) is 1. The smallest absolute Gasteiger partial charge is 0.223 e. The molecular weight excluding hydrogens is 198 g/mol. The molecule has 1 spiro atoms. The Hall–Kier alpha value is -0.530. The second-order valence-corrected chi connectivity index (χ2v) is 6.52. The van der Waals surface area contributed by atoms with Crippen molar-refractivity contribution >= 4 is 5.91 Å². The summed E-state index contributed by atoms with van der Waals surface area (Å²) in [6, 6.07) is 0.380. The second kappa shape index (κ2) is 4.05. The highest BCUT2D eigenvalue weighted by Gasteiger charge is 2.49. The summed E-state index contributed by atoms with van der Waals surface area (Å²) < 4.78 is 0. The summed E-state index contributed by atoms with van der Waals surface area (Å²) in [5.74, 6) is 2.06. The number of carbonyl (C=O) groups is 1. The maximum Gasteiger partial charge on any atom is 0.223 e. The highest BCUT2D eigenvalue weighted by Crippen LogP contribution is 2.55. The summed E-state index contributed by atoms with van der Waals surface area (Å²) in [4.78, 5) is 14.1. The first-order chi connectivity index (χ1) is 7.43. The lowest BCUT2D eigenvalue weighted by Gasteiger charge is -2.53. The highest BCUT2D eigenvalue weighted by molar-refractivity contribution is 5.78. The average molecular weight is 223 g/mol. The van der Waals surface area contributed by atoms with E-state index in [0.29, 0.717) is 17.4 Å². The number of piperidine rings is 1. The molecule has 16 heavy (non-hydrogen) atoms. The minimum absolute atomic E-state index is 0.380. The fraction of sp³-hybridized carbons (Fsp3) is 0.929. The van der Waals surface area contributed by atoms with Gasteiger partial charge >= 0.3 is 0 Å². The summed E-state index contributed by atoms with van der Waals surface area (Å²) >= 11 is 0. The topological polar surface area (TPSA) is 20.3 Å². The van der Waals surface area contributed by atoms with Crippen LogP contribution in [0.15, 0.2) is 0 Å². The van der Waals surface area contributed by atoms with Crippen LogP contribution >= 0.6 is 0 Å². The maximum atomic E-state index is 12.0. The molecule has 0 bridgehead atoms. The molecule has 1 heterocycles. The van der Waals surface area contributed by atoms with Crippen LogP contribution in [-0.4, -0.2) is 23.4 Å². The molecule has 0 radical (unpaired) electrons. The minimum atomic E-state index is 0.380. The standard InChI is InChI=1S/C14H25NO/c1-10(2)12-7-14(8-12)5-6-15(11(3)4)13(16)9-14/h10-12H,5-9H2,1-4H3. The van der Waals surface area contributed by atoms with Crippen molar-refractivity contribution in [1.82, 2.24) is 4.90 Å². The molecule has 0 aromatic heterocycles. The Kier molecular flexibility index (Phi) is 3.02. The van der Waals surface area contributed by atoms with E-state index in [2.05, 4.69) is 27.7 Å². The summed E-state index contributed by atoms with van der Waals surface area (Å²) in [5.41, 5.74) is 0.400. The van der Waals surface area contributed by atoms with Gasteiger partial charge in [0.2, 0.25) is 5.91 Å². The van der Waals surface area contributed by atoms with E-state index in [1.807, 2.05) is 4.90 Å². The lowest BCUT2D eigenvalue weighted by Crippen LogP contribution is -2.52. The molecule has 2 aliphatic rings. The molecule has 1 amide bonds. The fourth-order valence-corrected chi connectivity index (χ4v) is 3.41. The van der Waals surface area contributed by atoms with Crippen LogP contribution in [0.25, 0.3) is 0 Å². The van der Waals surface area contributed by atoms with Crippen LogP contribution < -0.4 is 0 Å². The fourth-order valence-electron chi connectivity index (χ4n) is 3.41. The van der Waals surface area contributed by atoms with Gasteiger partial charge in [0.15, 0.2) is 0 Å². The van der Waals surface area contributed by atoms with Crippen molar-refractivity contribution in [1.29, 1.82) is 0 Å². The van der Waals surface area contributed by atoms with Crippen molar-refractivity contribution in [2.75, 3.05) is 6.54 Å². The maximum absolute atomic E-state index is 12.0. The molecule has 0 N–H and O–H groups in total. The number of hydrogen-bond donors (Lipinski definition) is 0. The zero-order chi connectivity index (χ0) is 11.9. The van der Waals surface area contributed by atoms with Crippen LogP contribution in [0.3, 0.4) is 0 Å². The average Bonchev–Trinajstić information content (AvgIpc) is 2.12. The van der Waals surface area contributed by atoms with E-state index >= 15 is 0 Å². The van der Waals surface area contributed by atoms with Crippen LogP contribution in [0.1, 0.15) is 53.4 Å². The normalized spacial score (nSPS) is 35.0. The third-order valence-electron chi connectivity index (χ3n) is 4.69. The largest absolute Gasteiger partial charge is 0.340 e. The molecule has 0 aromatic carbocycles. The van der Waals surface area contributed by atoms with Gasteiger partial charge in [-0.2, -0.15) is 0 Å². The SMILES string of the molecule is CC(C)C1CC2(CCN(C(C)C)C(=O)C2)C1. The van der Waals surface area contributed by atoms with Gasteiger partial charge in [0.05, 0.1) is 0 Å². The number of nitrogens with zero attached hydrogens (tertiary/aromatic N) is 1. The van der Waals surface area contributed by atoms with Crippen molar-refractivity contribution < 1.29 is 4.79 Å². The van der Waals surface area contributed by atoms with E-state index in [-0.39, 0.29) is 0 Å². The van der Waals surface area contributed by atoms with Crippen LogP contribution in [-0.2, 0) is 4.79 Å². The van der Waals surface area contributed by atoms with Gasteiger partial charge in [0, 0.05) is 19.0 Å². The van der Waals surface area contributed by atoms with Crippen LogP contribution in [0.4, 0.5) is 0 Å². The Morgan fingerprint density at radius 1 is 1.25 bits per heavy atom. The van der Waals surface area contributed by atoms with E-state index in [1.54, 1.807) is 0 Å². The predicted octanol–water partition coefficient (Wildman–Crippen LogP) is 3.07. The molecule has 2 fully saturated rings. The molecule has 1 saturated heterocycles. The van der Waals surface area contributed by atoms with E-state index < -0.39 is 0 Å². The van der Waals surface area contributed by atoms with Crippen molar-refractivity contribution in [3.8, 4) is 0 Å². The first kappa shape index (κ1) is 11.9. The van der Waals surface area contributed by atoms with Crippen LogP contribution in [0.2, 0.25) is 0 Å². The zero-order valence-corrected chi connectivity index (χ0v) is 11.1. The van der Waals surface area contributed by atoms with Crippen molar-refractivity contribution in [3.63, 3.8) is 0 Å². The quantitative estimate of drug-likeness (QED) is 0.704. The summed E-state index contributed by atoms with van der Waals surface area (Å²) in [5, 5.41) is 0. The van der Waals surface area contributed by atoms with Crippen LogP contribution in [0.5, 0.6) is 0 Å². The molecule has 2 rings (SSSR count). The van der Waals surface area contributed by atoms with Crippen molar-refractivity contribution in [3.05, 3.63) is 0 Å². The lowest BCUT2D eigenvalue weighted by molar-refractivity contribution is -0.146. The van der Waals surface area contributed by atoms with Gasteiger partial charge in [-0.1, -0.05) is 13.8 Å². The molecule has 92 valence electrons. The van der Waals surface area contributed by atoms with Gasteiger partial charge in [-0.15, -0.1) is 0 Å². The highest BCUT2D eigenvalue weighted by atomic mass is 16.2. The second-order valence-electron chi connectivity index (χ2n) is 6.52. The number of amides is 1. The zero-order valence-electron chi connectivity index (χ0n) is 11.1. The Balaban J connectivity index is 1.92. The molecule has 1 aliphatic carbocycles. The van der Waals surface area contributed by atoms with E-state index in [0.717, 1.165) is 24.8 Å². The Morgan fingerprint density at radius 2 is 1.88 bits per heavy atom. The molecule has 0 aromatic rings. The summed E-state index contributed by atoms with van der Waals surface area (Å²) in [6.45, 7) is 9.84. The van der Waals surface area contributed by atoms with Gasteiger partial charge in [-0.05, 0) is 50.4 Å². The van der Waals surface area contributed by atoms with Gasteiger partial charge < -0.3 is 4.90 Å². The van der Waals surface area contributed by atoms with Gasteiger partial charge in [-0.3, -0.25) is 4.79 Å². The van der Waals surface area contributed by atoms with E-state index in [4.69, 9.17) is 0 Å². The molecule has 2 nitrogen and oxygen atoms in total. The number of hydrogen-bond acceptors (Lipinski definition) is 1. The van der Waals surface area contributed by atoms with Gasteiger partial charge in [0.25, 0.3) is 0 Å². The molecule has 2 heteroatoms. The third kappa shape index (κ3) is 1.99. The van der Waals surface area contributed by atoms with Crippen LogP contribution in [0, 0.1) is 17.3 Å². The van der Waals surface area contributed by atoms with E-state index in [9.17, 15) is 4.79 Å². The third-order valence-corrected chi connectivity index (χ3v) is 4.69. The minimum Gasteiger partial charge on any atom is -0.340 e. The molecular formula is C14H25NO. The molecule has 1 saturated carbocycles. The molecule has 0 unspecified atom stereocenters. The Bertz CT molecular complexity index is 276. The Morgan fingerprint density at radius 3 is 2.31 bits per heavy atom. The Labute approximate surface area is 99.4 Å². The monoisotopic (exact) mass is 223 g/mol. The van der Waals surface area contributed by atoms with Crippen molar-refractivity contribution in [2.24, 2.45) is 17.3 Å². The van der Waals surface area contributed by atoms with E-state index in [1.165, 1.54) is 19.3 Å². The molecule has 0 atom stereocenters. The molecule has 1 aliphatic heterocycles. The predicted molar refractivity (Wildman–Crippen MR) is 66.1 cm³/mol. The summed E-state index contributed by atoms with van der Waals surface area (Å²) in [6.07, 6.45) is 4.64. The first-order valence-electron chi connectivity index (χ1n) is 6.73. The lowest BCUT2D eigenvalue weighted by atomic mass is 9.55. The van der Waals surface area contributed by atoms with Gasteiger partial charge in [-0.25, -0.2) is 0 Å². The summed E-state index contributed by atoms with van der Waals surface area (Å²) in [7, 11) is 0. The number of rotatable bonds is 2. The number of carbonyl (C=O) groups excluding carboxylic acids is 1. The first-order valence-corrected chi connectivity index (χ1v) is 6.73. The van der Waals surface area contributed by atoms with Crippen molar-refractivity contribution in [2.45, 2.75) is 59.4 Å². The van der Waals surface area contributed by atoms with Gasteiger partial charge in [0.1, 0.15) is 0 Å².